The van der Waals surface area contributed by atoms with Crippen LogP contribution in [0.2, 0.25) is 5.02 Å². The normalized spacial score (nSPS) is 17.1. The predicted molar refractivity (Wildman–Crippen MR) is 151 cm³/mol. The number of nitrogens with one attached hydrogen (secondary N) is 4. The van der Waals surface area contributed by atoms with Gasteiger partial charge in [-0.25, -0.2) is 0 Å². The Balaban J connectivity index is 1.61. The first kappa shape index (κ1) is 25.2. The van der Waals surface area contributed by atoms with Crippen LogP contribution in [0.3, 0.4) is 0 Å². The van der Waals surface area contributed by atoms with E-state index in [0.29, 0.717) is 28.7 Å². The summed E-state index contributed by atoms with van der Waals surface area (Å²) in [6.45, 7) is 9.17. The average Bonchev–Trinajstić information content (AvgIpc) is 3.57. The van der Waals surface area contributed by atoms with Gasteiger partial charge in [0, 0.05) is 47.9 Å². The standard InChI is InChI=1S/C27H32BClN8/c1-16-21(6-5-9-31-16)27(28,23-14-37(36-35-23)19-7-8-19)34-18-10-20-24(33-15-26(2,3)4)17(12-30)13-32-25(20)22(29)11-18/h5-6,9-11,13-14,19,34-36H,7-8,15,28H2,1-4H3,(H,32,33). The molecule has 2 aromatic heterocycles. The lowest BCUT2D eigenvalue weighted by Gasteiger charge is -2.34. The van der Waals surface area contributed by atoms with Gasteiger partial charge in [-0.15, -0.1) is 5.53 Å². The molecule has 1 saturated carbocycles. The van der Waals surface area contributed by atoms with Crippen LogP contribution in [-0.2, 0) is 5.44 Å². The van der Waals surface area contributed by atoms with E-state index in [1.54, 1.807) is 12.4 Å². The Hall–Kier alpha value is -3.48. The molecule has 0 amide bonds. The first-order valence-corrected chi connectivity index (χ1v) is 13.0. The van der Waals surface area contributed by atoms with Crippen LogP contribution in [0.4, 0.5) is 11.4 Å². The lowest BCUT2D eigenvalue weighted by molar-refractivity contribution is 0.260. The highest BCUT2D eigenvalue weighted by Crippen LogP contribution is 2.38. The summed E-state index contributed by atoms with van der Waals surface area (Å²) < 4.78 is 0. The van der Waals surface area contributed by atoms with Crippen molar-refractivity contribution in [2.24, 2.45) is 5.41 Å². The number of aryl methyl sites for hydroxylation is 1. The Labute approximate surface area is 223 Å². The van der Waals surface area contributed by atoms with E-state index in [2.05, 4.69) is 83.5 Å². The summed E-state index contributed by atoms with van der Waals surface area (Å²) in [5.41, 5.74) is 11.7. The summed E-state index contributed by atoms with van der Waals surface area (Å²) in [6, 6.07) is 10.7. The number of benzene rings is 1. The van der Waals surface area contributed by atoms with Crippen molar-refractivity contribution in [3.05, 3.63) is 70.4 Å². The molecule has 1 aliphatic carbocycles. The summed E-state index contributed by atoms with van der Waals surface area (Å²) in [7, 11) is 2.13. The molecular formula is C27H32BClN8. The van der Waals surface area contributed by atoms with Gasteiger partial charge in [-0.05, 0) is 48.9 Å². The fourth-order valence-corrected chi connectivity index (χ4v) is 4.94. The van der Waals surface area contributed by atoms with E-state index in [4.69, 9.17) is 11.6 Å². The molecule has 4 N–H and O–H groups in total. The van der Waals surface area contributed by atoms with E-state index in [9.17, 15) is 5.26 Å². The summed E-state index contributed by atoms with van der Waals surface area (Å²) in [6.07, 6.45) is 7.87. The van der Waals surface area contributed by atoms with Gasteiger partial charge in [0.1, 0.15) is 13.9 Å². The van der Waals surface area contributed by atoms with Gasteiger partial charge in [-0.3, -0.25) is 15.0 Å². The zero-order chi connectivity index (χ0) is 26.4. The number of hydrazine groups is 2. The van der Waals surface area contributed by atoms with E-state index in [0.717, 1.165) is 33.7 Å². The number of nitrogens with zero attached hydrogens (tertiary/aromatic N) is 4. The fourth-order valence-electron chi connectivity index (χ4n) is 4.67. The lowest BCUT2D eigenvalue weighted by atomic mass is 9.69. The fraction of sp³-hybridized carbons (Fsp3) is 0.370. The average molecular weight is 515 g/mol. The van der Waals surface area contributed by atoms with Crippen LogP contribution < -0.4 is 21.6 Å². The zero-order valence-electron chi connectivity index (χ0n) is 21.9. The monoisotopic (exact) mass is 514 g/mol. The third kappa shape index (κ3) is 5.04. The van der Waals surface area contributed by atoms with Crippen molar-refractivity contribution < 1.29 is 0 Å². The minimum atomic E-state index is -0.648. The van der Waals surface area contributed by atoms with E-state index in [-0.39, 0.29) is 5.41 Å². The molecule has 3 aromatic rings. The first-order chi connectivity index (χ1) is 17.6. The maximum Gasteiger partial charge on any atom is 0.148 e. The highest BCUT2D eigenvalue weighted by Gasteiger charge is 2.39. The number of fused-ring (bicyclic) bond motifs is 1. The number of pyridine rings is 2. The molecule has 10 heteroatoms. The number of hydrogen-bond donors (Lipinski definition) is 4. The van der Waals surface area contributed by atoms with Gasteiger partial charge in [-0.2, -0.15) is 5.26 Å². The number of aromatic nitrogens is 2. The van der Waals surface area contributed by atoms with Crippen molar-refractivity contribution in [2.75, 3.05) is 17.2 Å². The van der Waals surface area contributed by atoms with E-state index < -0.39 is 5.44 Å². The van der Waals surface area contributed by atoms with Crippen LogP contribution in [0.15, 0.2) is 48.6 Å². The molecule has 0 radical (unpaired) electrons. The van der Waals surface area contributed by atoms with Crippen LogP contribution in [0, 0.1) is 23.7 Å². The zero-order valence-corrected chi connectivity index (χ0v) is 22.7. The molecule has 3 heterocycles. The van der Waals surface area contributed by atoms with E-state index >= 15 is 0 Å². The number of hydrogen-bond acceptors (Lipinski definition) is 8. The quantitative estimate of drug-likeness (QED) is 0.349. The maximum atomic E-state index is 9.82. The first-order valence-electron chi connectivity index (χ1n) is 12.6. The predicted octanol–water partition coefficient (Wildman–Crippen LogP) is 4.15. The van der Waals surface area contributed by atoms with Gasteiger partial charge in [0.25, 0.3) is 0 Å². The van der Waals surface area contributed by atoms with Crippen LogP contribution in [0.25, 0.3) is 10.9 Å². The van der Waals surface area contributed by atoms with Crippen molar-refractivity contribution in [3.63, 3.8) is 0 Å². The molecule has 190 valence electrons. The summed E-state index contributed by atoms with van der Waals surface area (Å²) in [5, 5.41) is 20.5. The number of anilines is 2. The minimum absolute atomic E-state index is 0.0272. The summed E-state index contributed by atoms with van der Waals surface area (Å²) >= 11 is 6.78. The van der Waals surface area contributed by atoms with Crippen molar-refractivity contribution in [3.8, 4) is 6.07 Å². The van der Waals surface area contributed by atoms with Crippen LogP contribution >= 0.6 is 11.6 Å². The molecule has 5 rings (SSSR count). The summed E-state index contributed by atoms with van der Waals surface area (Å²) in [4.78, 5) is 9.07. The van der Waals surface area contributed by atoms with Crippen molar-refractivity contribution in [2.45, 2.75) is 52.0 Å². The third-order valence-corrected chi connectivity index (χ3v) is 7.14. The molecule has 37 heavy (non-hydrogen) atoms. The maximum absolute atomic E-state index is 9.82. The van der Waals surface area contributed by atoms with E-state index in [1.165, 1.54) is 12.8 Å². The Morgan fingerprint density at radius 3 is 2.73 bits per heavy atom. The molecule has 8 nitrogen and oxygen atoms in total. The molecule has 1 unspecified atom stereocenters. The number of rotatable bonds is 7. The van der Waals surface area contributed by atoms with Gasteiger partial charge in [0.2, 0.25) is 0 Å². The van der Waals surface area contributed by atoms with Crippen LogP contribution in [0.5, 0.6) is 0 Å². The second-order valence-electron chi connectivity index (χ2n) is 11.2. The van der Waals surface area contributed by atoms with Gasteiger partial charge in [-0.1, -0.05) is 38.4 Å². The van der Waals surface area contributed by atoms with Gasteiger partial charge >= 0.3 is 0 Å². The lowest BCUT2D eigenvalue weighted by Crippen LogP contribution is -2.46. The minimum Gasteiger partial charge on any atom is -0.383 e. The number of nitriles is 1. The van der Waals surface area contributed by atoms with Gasteiger partial charge in [0.05, 0.1) is 32.9 Å². The SMILES string of the molecule is BC(Nc1cc(Cl)c2ncc(C#N)c(NCC(C)(C)C)c2c1)(C1=CN(C2CC2)NN1)c1cccnc1C. The van der Waals surface area contributed by atoms with E-state index in [1.807, 2.05) is 25.1 Å². The topological polar surface area (TPSA) is 101 Å². The van der Waals surface area contributed by atoms with Crippen molar-refractivity contribution in [1.82, 2.24) is 25.9 Å². The molecule has 1 fully saturated rings. The van der Waals surface area contributed by atoms with Crippen LogP contribution in [-0.4, -0.2) is 35.4 Å². The molecule has 1 aliphatic heterocycles. The number of halogens is 1. The Kier molecular flexibility index (Phi) is 6.42. The van der Waals surface area contributed by atoms with Crippen molar-refractivity contribution in [1.29, 1.82) is 5.26 Å². The third-order valence-electron chi connectivity index (χ3n) is 6.85. The summed E-state index contributed by atoms with van der Waals surface area (Å²) in [5.74, 6) is 0. The highest BCUT2D eigenvalue weighted by atomic mass is 35.5. The smallest absolute Gasteiger partial charge is 0.148 e. The Morgan fingerprint density at radius 1 is 1.27 bits per heavy atom. The molecular weight excluding hydrogens is 483 g/mol. The second-order valence-corrected chi connectivity index (χ2v) is 11.6. The Morgan fingerprint density at radius 2 is 2.05 bits per heavy atom. The van der Waals surface area contributed by atoms with Crippen molar-refractivity contribution >= 4 is 41.7 Å². The second kappa shape index (κ2) is 9.44. The molecule has 0 bridgehead atoms. The molecule has 2 aliphatic rings. The van der Waals surface area contributed by atoms with Gasteiger partial charge < -0.3 is 16.1 Å². The van der Waals surface area contributed by atoms with Crippen LogP contribution in [0.1, 0.15) is 50.4 Å². The molecule has 0 saturated heterocycles. The molecule has 1 atom stereocenters. The van der Waals surface area contributed by atoms with Gasteiger partial charge in [0.15, 0.2) is 0 Å². The highest BCUT2D eigenvalue weighted by molar-refractivity contribution is 6.36. The molecule has 0 spiro atoms. The largest absolute Gasteiger partial charge is 0.383 e. The molecule has 1 aromatic carbocycles. The Bertz CT molecular complexity index is 1420.